The van der Waals surface area contributed by atoms with E-state index in [4.69, 9.17) is 0 Å². The van der Waals surface area contributed by atoms with Crippen molar-refractivity contribution in [3.05, 3.63) is 41.5 Å². The Morgan fingerprint density at radius 3 is 2.68 bits per heavy atom. The van der Waals surface area contributed by atoms with Crippen LogP contribution in [0.3, 0.4) is 0 Å². The quantitative estimate of drug-likeness (QED) is 0.852. The minimum atomic E-state index is -4.46. The van der Waals surface area contributed by atoms with Crippen molar-refractivity contribution in [3.63, 3.8) is 0 Å². The number of benzene rings is 1. The highest BCUT2D eigenvalue weighted by Crippen LogP contribution is 2.34. The summed E-state index contributed by atoms with van der Waals surface area (Å²) in [6.45, 7) is 2.23. The lowest BCUT2D eigenvalue weighted by Gasteiger charge is -2.29. The van der Waals surface area contributed by atoms with Gasteiger partial charge >= 0.3 is 6.18 Å². The summed E-state index contributed by atoms with van der Waals surface area (Å²) in [4.78, 5) is 13.6. The van der Waals surface area contributed by atoms with E-state index < -0.39 is 17.8 Å². The molecule has 0 radical (unpaired) electrons. The van der Waals surface area contributed by atoms with Crippen LogP contribution < -0.4 is 0 Å². The molecule has 0 saturated carbocycles. The summed E-state index contributed by atoms with van der Waals surface area (Å²) >= 11 is 0. The highest BCUT2D eigenvalue weighted by Gasteiger charge is 2.33. The summed E-state index contributed by atoms with van der Waals surface area (Å²) in [6.07, 6.45) is -2.48. The van der Waals surface area contributed by atoms with E-state index in [0.29, 0.717) is 19.4 Å². The van der Waals surface area contributed by atoms with Crippen molar-refractivity contribution < 1.29 is 23.1 Å². The number of halogens is 3. The fraction of sp³-hybridized carbons (Fsp3) is 0.438. The molecule has 120 valence electrons. The van der Waals surface area contributed by atoms with Gasteiger partial charge in [0.25, 0.3) is 0 Å². The predicted octanol–water partition coefficient (Wildman–Crippen LogP) is 3.09. The first-order valence-corrected chi connectivity index (χ1v) is 7.11. The maximum Gasteiger partial charge on any atom is 0.416 e. The zero-order valence-corrected chi connectivity index (χ0v) is 12.2. The number of aliphatic hydroxyl groups excluding tert-OH is 1. The van der Waals surface area contributed by atoms with Crippen molar-refractivity contribution >= 4 is 11.5 Å². The molecule has 0 aromatic heterocycles. The molecule has 0 bridgehead atoms. The number of carbonyl (C=O) groups is 1. The number of rotatable bonds is 2. The summed E-state index contributed by atoms with van der Waals surface area (Å²) in [6, 6.07) is 5.19. The van der Waals surface area contributed by atoms with Crippen LogP contribution in [0, 0.1) is 0 Å². The molecular weight excluding hydrogens is 295 g/mol. The molecule has 1 heterocycles. The fourth-order valence-electron chi connectivity index (χ4n) is 2.58. The number of alkyl halides is 3. The summed E-state index contributed by atoms with van der Waals surface area (Å²) in [5.74, 6) is -0.367. The van der Waals surface area contributed by atoms with Gasteiger partial charge in [0.1, 0.15) is 0 Å². The summed E-state index contributed by atoms with van der Waals surface area (Å²) in [7, 11) is 0. The number of likely N-dealkylation sites (tertiary alicyclic amines) is 1. The largest absolute Gasteiger partial charge is 0.416 e. The number of amides is 1. The molecule has 3 nitrogen and oxygen atoms in total. The minimum absolute atomic E-state index is 0.000841. The van der Waals surface area contributed by atoms with Crippen LogP contribution >= 0.6 is 0 Å². The number of carbonyl (C=O) groups excluding carboxylic acids is 1. The molecule has 1 amide bonds. The molecule has 0 aliphatic carbocycles. The van der Waals surface area contributed by atoms with Gasteiger partial charge in [-0.15, -0.1) is 0 Å². The zero-order chi connectivity index (χ0) is 16.3. The van der Waals surface area contributed by atoms with Gasteiger partial charge in [0.05, 0.1) is 11.7 Å². The van der Waals surface area contributed by atoms with E-state index in [-0.39, 0.29) is 23.6 Å². The van der Waals surface area contributed by atoms with Gasteiger partial charge in [-0.3, -0.25) is 4.79 Å². The number of aliphatic hydroxyl groups is 1. The van der Waals surface area contributed by atoms with Gasteiger partial charge in [-0.25, -0.2) is 0 Å². The monoisotopic (exact) mass is 313 g/mol. The molecule has 6 heteroatoms. The Kier molecular flexibility index (Phi) is 4.90. The van der Waals surface area contributed by atoms with Crippen LogP contribution in [0.25, 0.3) is 5.57 Å². The van der Waals surface area contributed by atoms with Crippen molar-refractivity contribution in [1.29, 1.82) is 0 Å². The van der Waals surface area contributed by atoms with Crippen LogP contribution in [0.2, 0.25) is 0 Å². The molecule has 1 aromatic carbocycles. The molecular formula is C16H18F3NO2. The number of nitrogens with zero attached hydrogens (tertiary/aromatic N) is 1. The van der Waals surface area contributed by atoms with Crippen molar-refractivity contribution in [2.75, 3.05) is 13.1 Å². The first-order chi connectivity index (χ1) is 10.3. The van der Waals surface area contributed by atoms with Gasteiger partial charge in [0.15, 0.2) is 0 Å². The lowest BCUT2D eigenvalue weighted by Crippen LogP contribution is -2.41. The van der Waals surface area contributed by atoms with Crippen molar-refractivity contribution in [3.8, 4) is 0 Å². The highest BCUT2D eigenvalue weighted by atomic mass is 19.4. The molecule has 1 aliphatic rings. The Hall–Kier alpha value is -1.82. The molecule has 0 spiro atoms. The Labute approximate surface area is 127 Å². The van der Waals surface area contributed by atoms with Crippen LogP contribution in [-0.4, -0.2) is 35.1 Å². The summed E-state index contributed by atoms with van der Waals surface area (Å²) < 4.78 is 39.0. The Morgan fingerprint density at radius 1 is 1.36 bits per heavy atom. The molecule has 1 atom stereocenters. The van der Waals surface area contributed by atoms with E-state index in [1.165, 1.54) is 36.1 Å². The van der Waals surface area contributed by atoms with Gasteiger partial charge < -0.3 is 10.0 Å². The van der Waals surface area contributed by atoms with Gasteiger partial charge in [-0.05, 0) is 37.0 Å². The maximum absolute atomic E-state index is 13.0. The molecule has 1 aliphatic heterocycles. The smallest absolute Gasteiger partial charge is 0.391 e. The van der Waals surface area contributed by atoms with E-state index in [0.717, 1.165) is 6.07 Å². The average Bonchev–Trinajstić information content (AvgIpc) is 2.46. The second-order valence-corrected chi connectivity index (χ2v) is 5.45. The minimum Gasteiger partial charge on any atom is -0.391 e. The van der Waals surface area contributed by atoms with Crippen molar-refractivity contribution in [1.82, 2.24) is 4.90 Å². The normalized spacial score (nSPS) is 20.1. The van der Waals surface area contributed by atoms with E-state index >= 15 is 0 Å². The van der Waals surface area contributed by atoms with Gasteiger partial charge in [0, 0.05) is 19.2 Å². The first kappa shape index (κ1) is 16.5. The molecule has 1 unspecified atom stereocenters. The molecule has 1 aromatic rings. The highest BCUT2D eigenvalue weighted by molar-refractivity contribution is 5.95. The third-order valence-corrected chi connectivity index (χ3v) is 3.71. The zero-order valence-electron chi connectivity index (χ0n) is 12.2. The topological polar surface area (TPSA) is 40.5 Å². The lowest BCUT2D eigenvalue weighted by molar-refractivity contribution is -0.137. The Balaban J connectivity index is 2.24. The Bertz CT molecular complexity index is 581. The molecule has 1 N–H and O–H groups in total. The lowest BCUT2D eigenvalue weighted by atomic mass is 9.99. The molecule has 1 saturated heterocycles. The fourth-order valence-corrected chi connectivity index (χ4v) is 2.58. The SMILES string of the molecule is CC(=CC(=O)N1CCCC(O)C1)c1ccccc1C(F)(F)F. The first-order valence-electron chi connectivity index (χ1n) is 7.11. The second-order valence-electron chi connectivity index (χ2n) is 5.45. The van der Waals surface area contributed by atoms with Gasteiger partial charge in [0.2, 0.25) is 5.91 Å². The summed E-state index contributed by atoms with van der Waals surface area (Å²) in [5, 5.41) is 9.57. The van der Waals surface area contributed by atoms with E-state index in [1.54, 1.807) is 0 Å². The van der Waals surface area contributed by atoms with Crippen LogP contribution in [0.1, 0.15) is 30.9 Å². The predicted molar refractivity (Wildman–Crippen MR) is 76.9 cm³/mol. The van der Waals surface area contributed by atoms with Crippen molar-refractivity contribution in [2.45, 2.75) is 32.0 Å². The van der Waals surface area contributed by atoms with Crippen molar-refractivity contribution in [2.24, 2.45) is 0 Å². The van der Waals surface area contributed by atoms with Crippen LogP contribution in [0.15, 0.2) is 30.3 Å². The number of β-amino-alcohol motifs (C(OH)–C–C–N with tert-alkyl or cyclic N) is 1. The van der Waals surface area contributed by atoms with E-state index in [9.17, 15) is 23.1 Å². The number of hydrogen-bond acceptors (Lipinski definition) is 2. The number of piperidine rings is 1. The maximum atomic E-state index is 13.0. The number of hydrogen-bond donors (Lipinski definition) is 1. The van der Waals surface area contributed by atoms with Crippen LogP contribution in [0.5, 0.6) is 0 Å². The van der Waals surface area contributed by atoms with Gasteiger partial charge in [-0.2, -0.15) is 13.2 Å². The Morgan fingerprint density at radius 2 is 2.05 bits per heavy atom. The van der Waals surface area contributed by atoms with E-state index in [1.807, 2.05) is 0 Å². The third kappa shape index (κ3) is 3.88. The molecule has 22 heavy (non-hydrogen) atoms. The number of allylic oxidation sites excluding steroid dienone is 1. The average molecular weight is 313 g/mol. The van der Waals surface area contributed by atoms with E-state index in [2.05, 4.69) is 0 Å². The van der Waals surface area contributed by atoms with Crippen LogP contribution in [-0.2, 0) is 11.0 Å². The van der Waals surface area contributed by atoms with Gasteiger partial charge in [-0.1, -0.05) is 18.2 Å². The summed E-state index contributed by atoms with van der Waals surface area (Å²) in [5.41, 5.74) is -0.492. The van der Waals surface area contributed by atoms with Crippen LogP contribution in [0.4, 0.5) is 13.2 Å². The third-order valence-electron chi connectivity index (χ3n) is 3.71. The second kappa shape index (κ2) is 6.52. The molecule has 1 fully saturated rings. The standard InChI is InChI=1S/C16H18F3NO2/c1-11(9-15(22)20-8-4-5-12(21)10-20)13-6-2-3-7-14(13)16(17,18)19/h2-3,6-7,9,12,21H,4-5,8,10H2,1H3. The molecule has 2 rings (SSSR count).